The van der Waals surface area contributed by atoms with Gasteiger partial charge in [-0.05, 0) is 63.2 Å². The number of nitrogens with zero attached hydrogens (tertiary/aromatic N) is 2. The van der Waals surface area contributed by atoms with Gasteiger partial charge in [-0.2, -0.15) is 0 Å². The number of amides is 1. The highest BCUT2D eigenvalue weighted by Crippen LogP contribution is 2.28. The van der Waals surface area contributed by atoms with Gasteiger partial charge in [0.2, 0.25) is 0 Å². The average Bonchev–Trinajstić information content (AvgIpc) is 2.56. The van der Waals surface area contributed by atoms with Crippen LogP contribution in [0.2, 0.25) is 0 Å². The van der Waals surface area contributed by atoms with Gasteiger partial charge in [0.25, 0.3) is 5.91 Å². The molecule has 120 valence electrons. The van der Waals surface area contributed by atoms with Gasteiger partial charge in [-0.25, -0.2) is 0 Å². The summed E-state index contributed by atoms with van der Waals surface area (Å²) in [5.41, 5.74) is 4.35. The maximum atomic E-state index is 13.1. The Morgan fingerprint density at radius 3 is 2.39 bits per heavy atom. The minimum Gasteiger partial charge on any atom is -0.309 e. The summed E-state index contributed by atoms with van der Waals surface area (Å²) in [5, 5.41) is 0. The van der Waals surface area contributed by atoms with Gasteiger partial charge in [-0.1, -0.05) is 36.4 Å². The summed E-state index contributed by atoms with van der Waals surface area (Å²) in [7, 11) is 4.14. The van der Waals surface area contributed by atoms with Crippen LogP contribution in [-0.4, -0.2) is 38.0 Å². The van der Waals surface area contributed by atoms with Crippen molar-refractivity contribution in [3.8, 4) is 0 Å². The zero-order valence-corrected chi connectivity index (χ0v) is 14.0. The minimum absolute atomic E-state index is 0.131. The lowest BCUT2D eigenvalue weighted by atomic mass is 9.95. The monoisotopic (exact) mass is 308 g/mol. The number of anilines is 1. The van der Waals surface area contributed by atoms with Crippen molar-refractivity contribution >= 4 is 11.6 Å². The third-order valence-corrected chi connectivity index (χ3v) is 4.43. The van der Waals surface area contributed by atoms with E-state index in [1.165, 1.54) is 5.56 Å². The third kappa shape index (κ3) is 3.45. The standard InChI is InChI=1S/C20H24N2O/c1-21(2)14-7-15-22-19-11-6-4-9-17(19)13-12-16-8-3-5-10-18(16)20(22)23/h3-6,8-11H,7,12-15H2,1-2H3. The summed E-state index contributed by atoms with van der Waals surface area (Å²) >= 11 is 0. The molecule has 0 spiro atoms. The lowest BCUT2D eigenvalue weighted by Crippen LogP contribution is -2.35. The van der Waals surface area contributed by atoms with Crippen LogP contribution in [-0.2, 0) is 12.8 Å². The number of carbonyl (C=O) groups is 1. The minimum atomic E-state index is 0.131. The normalized spacial score (nSPS) is 14.2. The largest absolute Gasteiger partial charge is 0.309 e. The van der Waals surface area contributed by atoms with Crippen LogP contribution in [0.5, 0.6) is 0 Å². The van der Waals surface area contributed by atoms with Crippen molar-refractivity contribution in [2.45, 2.75) is 19.3 Å². The molecule has 0 bridgehead atoms. The molecule has 1 aliphatic heterocycles. The van der Waals surface area contributed by atoms with Crippen LogP contribution in [0, 0.1) is 0 Å². The van der Waals surface area contributed by atoms with Gasteiger partial charge in [0.15, 0.2) is 0 Å². The van der Waals surface area contributed by atoms with Crippen molar-refractivity contribution < 1.29 is 4.79 Å². The molecule has 1 heterocycles. The highest BCUT2D eigenvalue weighted by Gasteiger charge is 2.24. The lowest BCUT2D eigenvalue weighted by Gasteiger charge is -2.29. The Morgan fingerprint density at radius 2 is 1.61 bits per heavy atom. The Bertz CT molecular complexity index is 694. The lowest BCUT2D eigenvalue weighted by molar-refractivity contribution is 0.0984. The quantitative estimate of drug-likeness (QED) is 0.864. The van der Waals surface area contributed by atoms with E-state index in [0.29, 0.717) is 0 Å². The number of carbonyl (C=O) groups excluding carboxylic acids is 1. The van der Waals surface area contributed by atoms with E-state index in [9.17, 15) is 4.79 Å². The molecule has 0 saturated carbocycles. The van der Waals surface area contributed by atoms with Crippen molar-refractivity contribution in [2.75, 3.05) is 32.1 Å². The van der Waals surface area contributed by atoms with Gasteiger partial charge in [0, 0.05) is 17.8 Å². The Balaban J connectivity index is 1.96. The van der Waals surface area contributed by atoms with Crippen molar-refractivity contribution in [2.24, 2.45) is 0 Å². The summed E-state index contributed by atoms with van der Waals surface area (Å²) in [6.45, 7) is 1.73. The molecule has 1 aliphatic rings. The van der Waals surface area contributed by atoms with E-state index >= 15 is 0 Å². The smallest absolute Gasteiger partial charge is 0.258 e. The van der Waals surface area contributed by atoms with Crippen molar-refractivity contribution in [3.05, 3.63) is 65.2 Å². The predicted molar refractivity (Wildman–Crippen MR) is 95.1 cm³/mol. The first-order valence-electron chi connectivity index (χ1n) is 8.29. The van der Waals surface area contributed by atoms with Crippen LogP contribution in [0.4, 0.5) is 5.69 Å². The SMILES string of the molecule is CN(C)CCCN1C(=O)c2ccccc2CCc2ccccc21. The van der Waals surface area contributed by atoms with E-state index in [0.717, 1.165) is 49.2 Å². The zero-order valence-electron chi connectivity index (χ0n) is 14.0. The Morgan fingerprint density at radius 1 is 0.957 bits per heavy atom. The first-order valence-corrected chi connectivity index (χ1v) is 8.29. The Hall–Kier alpha value is -2.13. The number of fused-ring (bicyclic) bond motifs is 2. The molecule has 0 atom stereocenters. The molecule has 3 heteroatoms. The fourth-order valence-electron chi connectivity index (χ4n) is 3.22. The third-order valence-electron chi connectivity index (χ3n) is 4.43. The first kappa shape index (κ1) is 15.8. The number of aryl methyl sites for hydroxylation is 2. The maximum absolute atomic E-state index is 13.1. The van der Waals surface area contributed by atoms with Crippen LogP contribution in [0.3, 0.4) is 0 Å². The van der Waals surface area contributed by atoms with E-state index in [-0.39, 0.29) is 5.91 Å². The van der Waals surface area contributed by atoms with Crippen molar-refractivity contribution in [1.29, 1.82) is 0 Å². The molecular weight excluding hydrogens is 284 g/mol. The van der Waals surface area contributed by atoms with Gasteiger partial charge in [-0.3, -0.25) is 4.79 Å². The molecule has 3 rings (SSSR count). The van der Waals surface area contributed by atoms with Crippen LogP contribution in [0.25, 0.3) is 0 Å². The molecule has 1 amide bonds. The second-order valence-corrected chi connectivity index (χ2v) is 6.40. The average molecular weight is 308 g/mol. The highest BCUT2D eigenvalue weighted by molar-refractivity contribution is 6.07. The molecule has 0 radical (unpaired) electrons. The number of para-hydroxylation sites is 1. The predicted octanol–water partition coefficient (Wildman–Crippen LogP) is 3.38. The molecule has 2 aromatic carbocycles. The molecule has 2 aromatic rings. The second-order valence-electron chi connectivity index (χ2n) is 6.40. The molecular formula is C20H24N2O. The number of benzene rings is 2. The van der Waals surface area contributed by atoms with Crippen LogP contribution < -0.4 is 4.90 Å². The summed E-state index contributed by atoms with van der Waals surface area (Å²) in [6, 6.07) is 16.3. The van der Waals surface area contributed by atoms with Gasteiger partial charge in [-0.15, -0.1) is 0 Å². The van der Waals surface area contributed by atoms with E-state index < -0.39 is 0 Å². The highest BCUT2D eigenvalue weighted by atomic mass is 16.2. The second kappa shape index (κ2) is 6.97. The van der Waals surface area contributed by atoms with Crippen molar-refractivity contribution in [1.82, 2.24) is 4.90 Å². The summed E-state index contributed by atoms with van der Waals surface area (Å²) in [6.07, 6.45) is 2.87. The van der Waals surface area contributed by atoms with Crippen LogP contribution >= 0.6 is 0 Å². The van der Waals surface area contributed by atoms with E-state index in [4.69, 9.17) is 0 Å². The van der Waals surface area contributed by atoms with Gasteiger partial charge < -0.3 is 9.80 Å². The maximum Gasteiger partial charge on any atom is 0.258 e. The first-order chi connectivity index (χ1) is 11.2. The zero-order chi connectivity index (χ0) is 16.2. The van der Waals surface area contributed by atoms with Crippen LogP contribution in [0.15, 0.2) is 48.5 Å². The van der Waals surface area contributed by atoms with E-state index in [1.54, 1.807) is 0 Å². The van der Waals surface area contributed by atoms with Crippen LogP contribution in [0.1, 0.15) is 27.9 Å². The number of rotatable bonds is 4. The Kier molecular flexibility index (Phi) is 4.77. The summed E-state index contributed by atoms with van der Waals surface area (Å²) < 4.78 is 0. The number of hydrogen-bond donors (Lipinski definition) is 0. The van der Waals surface area contributed by atoms with Gasteiger partial charge >= 0.3 is 0 Å². The fraction of sp³-hybridized carbons (Fsp3) is 0.350. The van der Waals surface area contributed by atoms with Crippen molar-refractivity contribution in [3.63, 3.8) is 0 Å². The summed E-state index contributed by atoms with van der Waals surface area (Å²) in [5.74, 6) is 0.131. The molecule has 23 heavy (non-hydrogen) atoms. The molecule has 0 fully saturated rings. The Labute approximate surface area is 138 Å². The molecule has 0 aliphatic carbocycles. The van der Waals surface area contributed by atoms with Gasteiger partial charge in [0.05, 0.1) is 0 Å². The molecule has 3 nitrogen and oxygen atoms in total. The molecule has 0 aromatic heterocycles. The summed E-state index contributed by atoms with van der Waals surface area (Å²) in [4.78, 5) is 17.3. The molecule has 0 unspecified atom stereocenters. The van der Waals surface area contributed by atoms with E-state index in [1.807, 2.05) is 29.2 Å². The fourth-order valence-corrected chi connectivity index (χ4v) is 3.22. The van der Waals surface area contributed by atoms with Gasteiger partial charge in [0.1, 0.15) is 0 Å². The molecule has 0 N–H and O–H groups in total. The van der Waals surface area contributed by atoms with E-state index in [2.05, 4.69) is 43.3 Å². The number of hydrogen-bond acceptors (Lipinski definition) is 2. The topological polar surface area (TPSA) is 23.6 Å². The molecule has 0 saturated heterocycles.